The molecule has 1 heterocycles. The third-order valence-corrected chi connectivity index (χ3v) is 4.79. The summed E-state index contributed by atoms with van der Waals surface area (Å²) in [7, 11) is 0. The van der Waals surface area contributed by atoms with Crippen LogP contribution in [0, 0.1) is 5.92 Å². The van der Waals surface area contributed by atoms with Crippen LogP contribution in [0.3, 0.4) is 0 Å². The van der Waals surface area contributed by atoms with Crippen LogP contribution in [0.15, 0.2) is 28.6 Å². The van der Waals surface area contributed by atoms with E-state index in [0.29, 0.717) is 16.7 Å². The van der Waals surface area contributed by atoms with Gasteiger partial charge in [-0.1, -0.05) is 48.5 Å². The third kappa shape index (κ3) is 5.82. The van der Waals surface area contributed by atoms with Crippen LogP contribution in [-0.2, 0) is 4.79 Å². The highest BCUT2D eigenvalue weighted by Crippen LogP contribution is 2.25. The van der Waals surface area contributed by atoms with Gasteiger partial charge < -0.3 is 10.6 Å². The lowest BCUT2D eigenvalue weighted by molar-refractivity contribution is -0.113. The molecule has 0 atom stereocenters. The fourth-order valence-electron chi connectivity index (χ4n) is 1.49. The van der Waals surface area contributed by atoms with E-state index in [1.54, 1.807) is 24.3 Å². The Morgan fingerprint density at radius 1 is 1.32 bits per heavy atom. The highest BCUT2D eigenvalue weighted by molar-refractivity contribution is 8.01. The summed E-state index contributed by atoms with van der Waals surface area (Å²) in [5, 5.41) is 15.6. The van der Waals surface area contributed by atoms with Crippen LogP contribution in [0.4, 0.5) is 10.8 Å². The number of amides is 1. The molecule has 1 amide bonds. The van der Waals surface area contributed by atoms with Gasteiger partial charge in [-0.05, 0) is 30.2 Å². The average molecular weight is 357 g/mol. The van der Waals surface area contributed by atoms with Gasteiger partial charge >= 0.3 is 0 Å². The molecule has 0 aliphatic carbocycles. The topological polar surface area (TPSA) is 66.9 Å². The molecule has 0 spiro atoms. The Morgan fingerprint density at radius 2 is 2.05 bits per heavy atom. The van der Waals surface area contributed by atoms with Crippen LogP contribution >= 0.6 is 34.7 Å². The Labute approximate surface area is 142 Å². The molecule has 0 radical (unpaired) electrons. The van der Waals surface area contributed by atoms with Crippen LogP contribution in [-0.4, -0.2) is 28.4 Å². The van der Waals surface area contributed by atoms with Crippen molar-refractivity contribution in [2.75, 3.05) is 22.9 Å². The molecule has 0 aliphatic heterocycles. The largest absolute Gasteiger partial charge is 0.360 e. The van der Waals surface area contributed by atoms with E-state index in [-0.39, 0.29) is 5.91 Å². The number of hydrogen-bond donors (Lipinski definition) is 2. The van der Waals surface area contributed by atoms with Gasteiger partial charge in [0.05, 0.1) is 5.75 Å². The molecule has 2 N–H and O–H groups in total. The fraction of sp³-hybridized carbons (Fsp3) is 0.357. The molecule has 1 aromatic heterocycles. The molecule has 5 nitrogen and oxygen atoms in total. The lowest BCUT2D eigenvalue weighted by Crippen LogP contribution is -2.13. The van der Waals surface area contributed by atoms with Crippen LogP contribution in [0.2, 0.25) is 5.02 Å². The number of carbonyl (C=O) groups is 1. The first-order chi connectivity index (χ1) is 10.5. The summed E-state index contributed by atoms with van der Waals surface area (Å²) < 4.78 is 0.775. The van der Waals surface area contributed by atoms with Crippen molar-refractivity contribution in [3.8, 4) is 0 Å². The maximum atomic E-state index is 11.9. The van der Waals surface area contributed by atoms with Gasteiger partial charge in [-0.3, -0.25) is 4.79 Å². The van der Waals surface area contributed by atoms with Crippen LogP contribution in [0.25, 0.3) is 0 Å². The first-order valence-corrected chi connectivity index (χ1v) is 8.96. The minimum absolute atomic E-state index is 0.0841. The highest BCUT2D eigenvalue weighted by Gasteiger charge is 2.08. The van der Waals surface area contributed by atoms with Crippen molar-refractivity contribution in [3.63, 3.8) is 0 Å². The monoisotopic (exact) mass is 356 g/mol. The van der Waals surface area contributed by atoms with Gasteiger partial charge in [-0.2, -0.15) is 0 Å². The lowest BCUT2D eigenvalue weighted by atomic mass is 10.2. The number of anilines is 2. The summed E-state index contributed by atoms with van der Waals surface area (Å²) in [6.45, 7) is 5.12. The van der Waals surface area contributed by atoms with E-state index in [1.807, 2.05) is 0 Å². The van der Waals surface area contributed by atoms with E-state index < -0.39 is 0 Å². The fourth-order valence-corrected chi connectivity index (χ4v) is 3.17. The molecule has 2 rings (SSSR count). The van der Waals surface area contributed by atoms with E-state index in [4.69, 9.17) is 11.6 Å². The minimum Gasteiger partial charge on any atom is -0.360 e. The Balaban J connectivity index is 1.77. The van der Waals surface area contributed by atoms with Crippen molar-refractivity contribution in [2.24, 2.45) is 5.92 Å². The van der Waals surface area contributed by atoms with Crippen molar-refractivity contribution in [2.45, 2.75) is 18.2 Å². The summed E-state index contributed by atoms with van der Waals surface area (Å²) in [5.41, 5.74) is 0.728. The average Bonchev–Trinajstić information content (AvgIpc) is 2.93. The summed E-state index contributed by atoms with van der Waals surface area (Å²) >= 11 is 8.63. The number of rotatable bonds is 7. The number of hydrogen-bond acceptors (Lipinski definition) is 6. The number of carbonyl (C=O) groups excluding carboxylic acids is 1. The molecule has 0 fully saturated rings. The number of nitrogens with one attached hydrogen (secondary N) is 2. The second-order valence-electron chi connectivity index (χ2n) is 4.99. The van der Waals surface area contributed by atoms with Crippen molar-refractivity contribution >= 4 is 51.4 Å². The van der Waals surface area contributed by atoms with Crippen LogP contribution in [0.1, 0.15) is 13.8 Å². The van der Waals surface area contributed by atoms with E-state index in [9.17, 15) is 4.79 Å². The van der Waals surface area contributed by atoms with Crippen molar-refractivity contribution in [1.29, 1.82) is 0 Å². The minimum atomic E-state index is -0.0841. The summed E-state index contributed by atoms with van der Waals surface area (Å²) in [6, 6.07) is 7.01. The van der Waals surface area contributed by atoms with Crippen molar-refractivity contribution in [1.82, 2.24) is 10.2 Å². The van der Waals surface area contributed by atoms with E-state index in [0.717, 1.165) is 21.7 Å². The van der Waals surface area contributed by atoms with Gasteiger partial charge in [-0.25, -0.2) is 0 Å². The Hall–Kier alpha value is -1.31. The van der Waals surface area contributed by atoms with Gasteiger partial charge in [0, 0.05) is 17.3 Å². The van der Waals surface area contributed by atoms with E-state index in [1.165, 1.54) is 23.1 Å². The zero-order valence-corrected chi connectivity index (χ0v) is 14.7. The van der Waals surface area contributed by atoms with Gasteiger partial charge in [0.2, 0.25) is 11.0 Å². The lowest BCUT2D eigenvalue weighted by Gasteiger charge is -2.04. The number of nitrogens with zero attached hydrogens (tertiary/aromatic N) is 2. The Kier molecular flexibility index (Phi) is 6.48. The van der Waals surface area contributed by atoms with Crippen molar-refractivity contribution in [3.05, 3.63) is 29.3 Å². The zero-order valence-electron chi connectivity index (χ0n) is 12.3. The van der Waals surface area contributed by atoms with Crippen molar-refractivity contribution < 1.29 is 4.79 Å². The van der Waals surface area contributed by atoms with Crippen LogP contribution < -0.4 is 10.6 Å². The predicted octanol–water partition coefficient (Wildman–Crippen LogP) is 3.99. The van der Waals surface area contributed by atoms with Gasteiger partial charge in [0.15, 0.2) is 4.34 Å². The Bertz CT molecular complexity index is 616. The summed E-state index contributed by atoms with van der Waals surface area (Å²) in [4.78, 5) is 11.9. The molecule has 0 aliphatic rings. The number of halogens is 1. The summed E-state index contributed by atoms with van der Waals surface area (Å²) in [6.07, 6.45) is 0. The highest BCUT2D eigenvalue weighted by atomic mass is 35.5. The number of thioether (sulfide) groups is 1. The normalized spacial score (nSPS) is 10.7. The zero-order chi connectivity index (χ0) is 15.9. The molecule has 22 heavy (non-hydrogen) atoms. The second-order valence-corrected chi connectivity index (χ2v) is 7.63. The third-order valence-electron chi connectivity index (χ3n) is 2.52. The molecular formula is C14H17ClN4OS2. The molecular weight excluding hydrogens is 340 g/mol. The predicted molar refractivity (Wildman–Crippen MR) is 94.0 cm³/mol. The Morgan fingerprint density at radius 3 is 2.73 bits per heavy atom. The first kappa shape index (κ1) is 17.1. The van der Waals surface area contributed by atoms with E-state index in [2.05, 4.69) is 34.7 Å². The smallest absolute Gasteiger partial charge is 0.234 e. The second kappa shape index (κ2) is 8.36. The standard InChI is InChI=1S/C14H17ClN4OS2/c1-9(2)7-16-13-18-19-14(22-13)21-8-12(20)17-11-5-3-10(15)4-6-11/h3-6,9H,7-8H2,1-2H3,(H,16,18)(H,17,20). The van der Waals surface area contributed by atoms with Crippen LogP contribution in [0.5, 0.6) is 0 Å². The van der Waals surface area contributed by atoms with Gasteiger partial charge in [0.1, 0.15) is 0 Å². The molecule has 8 heteroatoms. The quantitative estimate of drug-likeness (QED) is 0.734. The maximum absolute atomic E-state index is 11.9. The molecule has 0 saturated carbocycles. The molecule has 0 saturated heterocycles. The van der Waals surface area contributed by atoms with Gasteiger partial charge in [0.25, 0.3) is 0 Å². The molecule has 0 bridgehead atoms. The number of benzene rings is 1. The van der Waals surface area contributed by atoms with E-state index >= 15 is 0 Å². The molecule has 2 aromatic rings. The number of aromatic nitrogens is 2. The molecule has 1 aromatic carbocycles. The van der Waals surface area contributed by atoms with Gasteiger partial charge in [-0.15, -0.1) is 10.2 Å². The maximum Gasteiger partial charge on any atom is 0.234 e. The molecule has 0 unspecified atom stereocenters. The SMILES string of the molecule is CC(C)CNc1nnc(SCC(=O)Nc2ccc(Cl)cc2)s1. The summed E-state index contributed by atoms with van der Waals surface area (Å²) in [5.74, 6) is 0.755. The molecule has 118 valence electrons. The first-order valence-electron chi connectivity index (χ1n) is 6.78.